The van der Waals surface area contributed by atoms with Crippen LogP contribution in [-0.2, 0) is 0 Å². The summed E-state index contributed by atoms with van der Waals surface area (Å²) < 4.78 is 0. The van der Waals surface area contributed by atoms with Crippen LogP contribution in [0.3, 0.4) is 0 Å². The van der Waals surface area contributed by atoms with E-state index in [1.54, 1.807) is 0 Å². The van der Waals surface area contributed by atoms with Gasteiger partial charge in [-0.1, -0.05) is 76.9 Å². The Morgan fingerprint density at radius 1 is 0.789 bits per heavy atom. The lowest BCUT2D eigenvalue weighted by molar-refractivity contribution is 0.871. The summed E-state index contributed by atoms with van der Waals surface area (Å²) in [6.07, 6.45) is 15.7. The van der Waals surface area contributed by atoms with Crippen molar-refractivity contribution in [2.45, 2.75) is 32.6 Å². The zero-order valence-electron chi connectivity index (χ0n) is 11.7. The van der Waals surface area contributed by atoms with Crippen molar-refractivity contribution in [2.75, 3.05) is 0 Å². The molecule has 0 heterocycles. The summed E-state index contributed by atoms with van der Waals surface area (Å²) in [4.78, 5) is 0. The van der Waals surface area contributed by atoms with E-state index in [0.717, 1.165) is 12.8 Å². The molecule has 0 atom stereocenters. The summed E-state index contributed by atoms with van der Waals surface area (Å²) in [5, 5.41) is 0. The molecule has 2 aliphatic carbocycles. The molecular weight excluding hydrogens is 228 g/mol. The van der Waals surface area contributed by atoms with Gasteiger partial charge >= 0.3 is 0 Å². The number of hydrogen-bond donors (Lipinski definition) is 0. The number of aryl methyl sites for hydroxylation is 2. The van der Waals surface area contributed by atoms with Gasteiger partial charge in [-0.3, -0.25) is 0 Å². The summed E-state index contributed by atoms with van der Waals surface area (Å²) in [6.45, 7) is 4.38. The minimum absolute atomic E-state index is 0.462. The van der Waals surface area contributed by atoms with Crippen LogP contribution in [0.15, 0.2) is 65.8 Å². The maximum atomic E-state index is 2.34. The van der Waals surface area contributed by atoms with Gasteiger partial charge in [-0.15, -0.1) is 0 Å². The molecule has 0 saturated heterocycles. The first kappa shape index (κ1) is 12.2. The molecule has 1 aromatic carbocycles. The van der Waals surface area contributed by atoms with Gasteiger partial charge in [-0.05, 0) is 32.3 Å². The van der Waals surface area contributed by atoms with Crippen molar-refractivity contribution in [3.8, 4) is 0 Å². The highest BCUT2D eigenvalue weighted by Crippen LogP contribution is 2.39. The largest absolute Gasteiger partial charge is 0.0804 e. The van der Waals surface area contributed by atoms with E-state index in [2.05, 4.69) is 68.5 Å². The fourth-order valence-corrected chi connectivity index (χ4v) is 3.20. The van der Waals surface area contributed by atoms with Crippen LogP contribution in [0.2, 0.25) is 0 Å². The van der Waals surface area contributed by atoms with E-state index in [9.17, 15) is 0 Å². The molecule has 0 unspecified atom stereocenters. The standard InChI is InChI=1S/C19H20/c1-14-11-15(2)13-18(12-14)19(16-7-3-4-8-16)17-9-5-6-10-17/h3-7,9,11-13,19H,8,10H2,1-2H3. The van der Waals surface area contributed by atoms with E-state index >= 15 is 0 Å². The molecule has 0 aliphatic heterocycles. The Bertz CT molecular complexity index is 559. The summed E-state index contributed by atoms with van der Waals surface area (Å²) >= 11 is 0. The maximum absolute atomic E-state index is 2.34. The Labute approximate surface area is 115 Å². The van der Waals surface area contributed by atoms with Gasteiger partial charge in [0, 0.05) is 5.92 Å². The fourth-order valence-electron chi connectivity index (χ4n) is 3.20. The summed E-state index contributed by atoms with van der Waals surface area (Å²) in [6, 6.07) is 6.94. The van der Waals surface area contributed by atoms with Crippen molar-refractivity contribution in [1.82, 2.24) is 0 Å². The zero-order valence-corrected chi connectivity index (χ0v) is 11.7. The van der Waals surface area contributed by atoms with Crippen LogP contribution in [-0.4, -0.2) is 0 Å². The van der Waals surface area contributed by atoms with Crippen LogP contribution < -0.4 is 0 Å². The average Bonchev–Trinajstić information content (AvgIpc) is 3.01. The summed E-state index contributed by atoms with van der Waals surface area (Å²) in [5.41, 5.74) is 7.22. The van der Waals surface area contributed by atoms with Gasteiger partial charge in [0.2, 0.25) is 0 Å². The highest BCUT2D eigenvalue weighted by Gasteiger charge is 2.22. The van der Waals surface area contributed by atoms with E-state index in [0.29, 0.717) is 5.92 Å². The van der Waals surface area contributed by atoms with Crippen molar-refractivity contribution in [3.05, 3.63) is 82.5 Å². The molecule has 0 saturated carbocycles. The highest BCUT2D eigenvalue weighted by atomic mass is 14.3. The summed E-state index contributed by atoms with van der Waals surface area (Å²) in [5.74, 6) is 0.462. The Morgan fingerprint density at radius 2 is 1.32 bits per heavy atom. The lowest BCUT2D eigenvalue weighted by Crippen LogP contribution is -2.05. The van der Waals surface area contributed by atoms with Gasteiger partial charge in [0.1, 0.15) is 0 Å². The van der Waals surface area contributed by atoms with Gasteiger partial charge in [0.15, 0.2) is 0 Å². The SMILES string of the molecule is Cc1cc(C)cc(C(C2=CC=CC2)C2=CC=CC2)c1. The second kappa shape index (κ2) is 5.05. The van der Waals surface area contributed by atoms with Gasteiger partial charge in [0.05, 0.1) is 0 Å². The number of rotatable bonds is 3. The van der Waals surface area contributed by atoms with E-state index in [-0.39, 0.29) is 0 Å². The molecule has 1 aromatic rings. The van der Waals surface area contributed by atoms with E-state index in [4.69, 9.17) is 0 Å². The van der Waals surface area contributed by atoms with Crippen LogP contribution >= 0.6 is 0 Å². The molecule has 0 amide bonds. The molecule has 0 spiro atoms. The van der Waals surface area contributed by atoms with Crippen LogP contribution in [0, 0.1) is 13.8 Å². The van der Waals surface area contributed by atoms with Gasteiger partial charge < -0.3 is 0 Å². The third-order valence-electron chi connectivity index (χ3n) is 3.92. The number of benzene rings is 1. The first-order valence-electron chi connectivity index (χ1n) is 7.03. The predicted molar refractivity (Wildman–Crippen MR) is 82.3 cm³/mol. The Hall–Kier alpha value is -1.82. The third kappa shape index (κ3) is 2.49. The van der Waals surface area contributed by atoms with Gasteiger partial charge in [-0.25, -0.2) is 0 Å². The molecule has 0 bridgehead atoms. The second-order valence-corrected chi connectivity index (χ2v) is 5.60. The molecule has 0 nitrogen and oxygen atoms in total. The zero-order chi connectivity index (χ0) is 13.2. The smallest absolute Gasteiger partial charge is 0.0270 e. The van der Waals surface area contributed by atoms with Crippen molar-refractivity contribution in [3.63, 3.8) is 0 Å². The van der Waals surface area contributed by atoms with Crippen LogP contribution in [0.5, 0.6) is 0 Å². The van der Waals surface area contributed by atoms with Crippen LogP contribution in [0.25, 0.3) is 0 Å². The minimum Gasteiger partial charge on any atom is -0.0804 e. The third-order valence-corrected chi connectivity index (χ3v) is 3.92. The topological polar surface area (TPSA) is 0 Å². The molecular formula is C19H20. The molecule has 0 aromatic heterocycles. The summed E-state index contributed by atoms with van der Waals surface area (Å²) in [7, 11) is 0. The second-order valence-electron chi connectivity index (χ2n) is 5.60. The Morgan fingerprint density at radius 3 is 1.74 bits per heavy atom. The predicted octanol–water partition coefficient (Wildman–Crippen LogP) is 5.16. The first-order valence-corrected chi connectivity index (χ1v) is 7.03. The monoisotopic (exact) mass is 248 g/mol. The normalized spacial score (nSPS) is 17.2. The molecule has 0 radical (unpaired) electrons. The number of hydrogen-bond acceptors (Lipinski definition) is 0. The first-order chi connectivity index (χ1) is 9.24. The van der Waals surface area contributed by atoms with Gasteiger partial charge in [-0.2, -0.15) is 0 Å². The lowest BCUT2D eigenvalue weighted by atomic mass is 9.82. The highest BCUT2D eigenvalue weighted by molar-refractivity contribution is 5.47. The van der Waals surface area contributed by atoms with Crippen molar-refractivity contribution >= 4 is 0 Å². The van der Waals surface area contributed by atoms with E-state index in [1.807, 2.05) is 0 Å². The molecule has 3 rings (SSSR count). The molecule has 0 N–H and O–H groups in total. The van der Waals surface area contributed by atoms with Crippen LogP contribution in [0.1, 0.15) is 35.4 Å². The van der Waals surface area contributed by atoms with Crippen LogP contribution in [0.4, 0.5) is 0 Å². The van der Waals surface area contributed by atoms with Crippen molar-refractivity contribution < 1.29 is 0 Å². The average molecular weight is 248 g/mol. The van der Waals surface area contributed by atoms with Crippen molar-refractivity contribution in [1.29, 1.82) is 0 Å². The van der Waals surface area contributed by atoms with Gasteiger partial charge in [0.25, 0.3) is 0 Å². The molecule has 96 valence electrons. The molecule has 0 heteroatoms. The Balaban J connectivity index is 2.03. The molecule has 0 fully saturated rings. The Kier molecular flexibility index (Phi) is 3.25. The van der Waals surface area contributed by atoms with E-state index < -0.39 is 0 Å². The lowest BCUT2D eigenvalue weighted by Gasteiger charge is -2.22. The number of allylic oxidation sites excluding steroid dienone is 8. The van der Waals surface area contributed by atoms with E-state index in [1.165, 1.54) is 27.8 Å². The fraction of sp³-hybridized carbons (Fsp3) is 0.263. The van der Waals surface area contributed by atoms with Crippen molar-refractivity contribution in [2.24, 2.45) is 0 Å². The maximum Gasteiger partial charge on any atom is 0.0270 e. The minimum atomic E-state index is 0.462. The molecule has 19 heavy (non-hydrogen) atoms. The quantitative estimate of drug-likeness (QED) is 0.693. The molecule has 2 aliphatic rings.